The largest absolute Gasteiger partial charge is 0.273 e. The van der Waals surface area contributed by atoms with Crippen molar-refractivity contribution in [2.24, 2.45) is 5.41 Å². The number of benzene rings is 2. The molecule has 0 atom stereocenters. The van der Waals surface area contributed by atoms with Gasteiger partial charge >= 0.3 is 0 Å². The number of carbonyl (C=O) groups excluding carboxylic acids is 1. The van der Waals surface area contributed by atoms with E-state index in [2.05, 4.69) is 0 Å². The Morgan fingerprint density at radius 2 is 1.50 bits per heavy atom. The van der Waals surface area contributed by atoms with Crippen LogP contribution in [0.3, 0.4) is 0 Å². The summed E-state index contributed by atoms with van der Waals surface area (Å²) < 4.78 is 27.3. The van der Waals surface area contributed by atoms with Gasteiger partial charge in [-0.2, -0.15) is 0 Å². The molecular weight excluding hydrogens is 322 g/mol. The zero-order valence-corrected chi connectivity index (χ0v) is 15.5. The van der Waals surface area contributed by atoms with Crippen molar-refractivity contribution in [2.75, 3.05) is 4.31 Å². The maximum atomic E-state index is 13.2. The predicted molar refractivity (Wildman–Crippen MR) is 96.5 cm³/mol. The molecule has 0 fully saturated rings. The first-order valence-corrected chi connectivity index (χ1v) is 9.22. The van der Waals surface area contributed by atoms with Crippen LogP contribution in [0.15, 0.2) is 53.4 Å². The Kier molecular flexibility index (Phi) is 4.85. The lowest BCUT2D eigenvalue weighted by molar-refractivity contribution is -0.124. The number of nitrogens with zero attached hydrogens (tertiary/aromatic N) is 1. The van der Waals surface area contributed by atoms with Gasteiger partial charge in [-0.25, -0.2) is 12.7 Å². The minimum Gasteiger partial charge on any atom is -0.273 e. The highest BCUT2D eigenvalue weighted by Crippen LogP contribution is 2.32. The summed E-state index contributed by atoms with van der Waals surface area (Å²) >= 11 is 0. The van der Waals surface area contributed by atoms with E-state index in [1.165, 1.54) is 12.1 Å². The third-order valence-corrected chi connectivity index (χ3v) is 5.61. The standard InChI is InChI=1S/C19H23NO3S/c1-14-10-9-13-17(15(14)2)20(18(21)19(3,4)5)24(22,23)16-11-7-6-8-12-16/h6-13H,1-5H3. The molecule has 0 N–H and O–H groups in total. The van der Waals surface area contributed by atoms with Gasteiger partial charge < -0.3 is 0 Å². The van der Waals surface area contributed by atoms with Crippen molar-refractivity contribution in [3.05, 3.63) is 59.7 Å². The normalized spacial score (nSPS) is 12.0. The molecule has 0 bridgehead atoms. The average Bonchev–Trinajstić information content (AvgIpc) is 2.51. The van der Waals surface area contributed by atoms with Crippen LogP contribution in [0.4, 0.5) is 5.69 Å². The molecule has 128 valence electrons. The lowest BCUT2D eigenvalue weighted by Gasteiger charge is -2.30. The Labute approximate surface area is 144 Å². The molecule has 1 amide bonds. The maximum Gasteiger partial charge on any atom is 0.270 e. The fourth-order valence-electron chi connectivity index (χ4n) is 2.31. The van der Waals surface area contributed by atoms with E-state index in [4.69, 9.17) is 0 Å². The van der Waals surface area contributed by atoms with E-state index in [1.54, 1.807) is 51.1 Å². The number of anilines is 1. The molecule has 5 heteroatoms. The molecule has 0 saturated heterocycles. The molecule has 0 aliphatic heterocycles. The summed E-state index contributed by atoms with van der Waals surface area (Å²) in [5, 5.41) is 0. The van der Waals surface area contributed by atoms with Gasteiger partial charge in [0.1, 0.15) is 0 Å². The molecular formula is C19H23NO3S. The molecule has 4 nitrogen and oxygen atoms in total. The Morgan fingerprint density at radius 3 is 2.04 bits per heavy atom. The topological polar surface area (TPSA) is 54.5 Å². The second-order valence-corrected chi connectivity index (χ2v) is 8.64. The SMILES string of the molecule is Cc1cccc(N(C(=O)C(C)(C)C)S(=O)(=O)c2ccccc2)c1C. The number of hydrogen-bond donors (Lipinski definition) is 0. The van der Waals surface area contributed by atoms with Crippen molar-refractivity contribution in [1.29, 1.82) is 0 Å². The van der Waals surface area contributed by atoms with Gasteiger partial charge in [-0.3, -0.25) is 4.79 Å². The van der Waals surface area contributed by atoms with Crippen LogP contribution in [0.1, 0.15) is 31.9 Å². The number of aryl methyl sites for hydroxylation is 1. The van der Waals surface area contributed by atoms with Crippen LogP contribution in [-0.4, -0.2) is 14.3 Å². The van der Waals surface area contributed by atoms with Crippen molar-refractivity contribution < 1.29 is 13.2 Å². The quantitative estimate of drug-likeness (QED) is 0.842. The van der Waals surface area contributed by atoms with Crippen LogP contribution in [0.5, 0.6) is 0 Å². The van der Waals surface area contributed by atoms with Gasteiger partial charge in [-0.15, -0.1) is 0 Å². The first kappa shape index (κ1) is 18.2. The summed E-state index contributed by atoms with van der Waals surface area (Å²) in [4.78, 5) is 13.1. The Hall–Kier alpha value is -2.14. The monoisotopic (exact) mass is 345 g/mol. The van der Waals surface area contributed by atoms with Crippen LogP contribution in [0.2, 0.25) is 0 Å². The molecule has 0 saturated carbocycles. The Bertz CT molecular complexity index is 850. The summed E-state index contributed by atoms with van der Waals surface area (Å²) in [6, 6.07) is 13.4. The van der Waals surface area contributed by atoms with Gasteiger partial charge in [0.05, 0.1) is 10.6 Å². The summed E-state index contributed by atoms with van der Waals surface area (Å²) in [6.45, 7) is 8.87. The lowest BCUT2D eigenvalue weighted by atomic mass is 9.95. The minimum atomic E-state index is -3.99. The van der Waals surface area contributed by atoms with E-state index >= 15 is 0 Å². The highest BCUT2D eigenvalue weighted by molar-refractivity contribution is 7.93. The zero-order chi connectivity index (χ0) is 18.1. The van der Waals surface area contributed by atoms with Crippen molar-refractivity contribution in [3.63, 3.8) is 0 Å². The predicted octanol–water partition coefficient (Wildman–Crippen LogP) is 4.07. The zero-order valence-electron chi connectivity index (χ0n) is 14.7. The molecule has 0 aliphatic rings. The highest BCUT2D eigenvalue weighted by Gasteiger charge is 2.38. The molecule has 2 aromatic carbocycles. The van der Waals surface area contributed by atoms with Gasteiger partial charge in [0.2, 0.25) is 5.91 Å². The number of rotatable bonds is 3. The third-order valence-electron chi connectivity index (χ3n) is 3.90. The Balaban J connectivity index is 2.74. The van der Waals surface area contributed by atoms with Crippen LogP contribution < -0.4 is 4.31 Å². The molecule has 2 aromatic rings. The maximum absolute atomic E-state index is 13.2. The first-order chi connectivity index (χ1) is 11.1. The lowest BCUT2D eigenvalue weighted by Crippen LogP contribution is -2.44. The van der Waals surface area contributed by atoms with Crippen molar-refractivity contribution in [1.82, 2.24) is 0 Å². The fourth-order valence-corrected chi connectivity index (χ4v) is 3.97. The number of hydrogen-bond acceptors (Lipinski definition) is 3. The molecule has 0 aliphatic carbocycles. The smallest absolute Gasteiger partial charge is 0.270 e. The third kappa shape index (κ3) is 3.36. The van der Waals surface area contributed by atoms with E-state index in [0.717, 1.165) is 15.4 Å². The molecule has 0 aromatic heterocycles. The molecule has 0 spiro atoms. The second kappa shape index (κ2) is 6.40. The van der Waals surface area contributed by atoms with Gasteiger partial charge in [-0.05, 0) is 43.2 Å². The van der Waals surface area contributed by atoms with E-state index in [0.29, 0.717) is 5.69 Å². The summed E-state index contributed by atoms with van der Waals surface area (Å²) in [5.41, 5.74) is 1.27. The summed E-state index contributed by atoms with van der Waals surface area (Å²) in [5.74, 6) is -0.458. The van der Waals surface area contributed by atoms with Crippen LogP contribution in [0, 0.1) is 19.3 Å². The van der Waals surface area contributed by atoms with Crippen LogP contribution in [0.25, 0.3) is 0 Å². The van der Waals surface area contributed by atoms with Gasteiger partial charge in [0.15, 0.2) is 0 Å². The molecule has 0 heterocycles. The Morgan fingerprint density at radius 1 is 0.917 bits per heavy atom. The van der Waals surface area contributed by atoms with E-state index in [9.17, 15) is 13.2 Å². The fraction of sp³-hybridized carbons (Fsp3) is 0.316. The highest BCUT2D eigenvalue weighted by atomic mass is 32.2. The van der Waals surface area contributed by atoms with Crippen molar-refractivity contribution in [3.8, 4) is 0 Å². The van der Waals surface area contributed by atoms with Crippen molar-refractivity contribution in [2.45, 2.75) is 39.5 Å². The second-order valence-electron chi connectivity index (χ2n) is 6.86. The van der Waals surface area contributed by atoms with E-state index in [-0.39, 0.29) is 4.90 Å². The minimum absolute atomic E-state index is 0.100. The molecule has 2 rings (SSSR count). The van der Waals surface area contributed by atoms with Crippen LogP contribution >= 0.6 is 0 Å². The number of carbonyl (C=O) groups is 1. The first-order valence-electron chi connectivity index (χ1n) is 7.78. The molecule has 0 radical (unpaired) electrons. The average molecular weight is 345 g/mol. The van der Waals surface area contributed by atoms with E-state index in [1.807, 2.05) is 19.9 Å². The van der Waals surface area contributed by atoms with Gasteiger partial charge in [0.25, 0.3) is 10.0 Å². The van der Waals surface area contributed by atoms with Crippen molar-refractivity contribution >= 4 is 21.6 Å². The molecule has 24 heavy (non-hydrogen) atoms. The summed E-state index contributed by atoms with van der Waals surface area (Å²) in [6.07, 6.45) is 0. The van der Waals surface area contributed by atoms with Gasteiger partial charge in [0, 0.05) is 5.41 Å². The molecule has 0 unspecified atom stereocenters. The summed E-state index contributed by atoms with van der Waals surface area (Å²) in [7, 11) is -3.99. The van der Waals surface area contributed by atoms with Crippen LogP contribution in [-0.2, 0) is 14.8 Å². The van der Waals surface area contributed by atoms with E-state index < -0.39 is 21.3 Å². The number of amides is 1. The van der Waals surface area contributed by atoms with Gasteiger partial charge in [-0.1, -0.05) is 51.1 Å². The number of sulfonamides is 1.